The number of carbonyl (C=O) groups is 2. The lowest BCUT2D eigenvalue weighted by atomic mass is 10.00. The van der Waals surface area contributed by atoms with Crippen molar-refractivity contribution in [1.29, 1.82) is 0 Å². The van der Waals surface area contributed by atoms with Gasteiger partial charge in [-0.3, -0.25) is 14.5 Å². The number of likely N-dealkylation sites (tertiary alicyclic amines) is 1. The smallest absolute Gasteiger partial charge is 0.233 e. The zero-order valence-electron chi connectivity index (χ0n) is 12.6. The van der Waals surface area contributed by atoms with Crippen LogP contribution in [0.4, 0.5) is 0 Å². The van der Waals surface area contributed by atoms with Gasteiger partial charge in [-0.2, -0.15) is 0 Å². The first-order valence-electron chi connectivity index (χ1n) is 7.73. The van der Waals surface area contributed by atoms with Gasteiger partial charge in [0.05, 0.1) is 24.9 Å². The van der Waals surface area contributed by atoms with Gasteiger partial charge in [0.25, 0.3) is 0 Å². The number of nitrogens with zero attached hydrogens (tertiary/aromatic N) is 1. The Morgan fingerprint density at radius 2 is 1.81 bits per heavy atom. The highest BCUT2D eigenvalue weighted by Gasteiger charge is 2.51. The number of hydrogen-bond acceptors (Lipinski definition) is 4. The average Bonchev–Trinajstić information content (AvgIpc) is 3.11. The Bertz CT molecular complexity index is 527. The summed E-state index contributed by atoms with van der Waals surface area (Å²) in [5.74, 6) is 1.77. The van der Waals surface area contributed by atoms with Gasteiger partial charge >= 0.3 is 0 Å². The van der Waals surface area contributed by atoms with E-state index in [2.05, 4.69) is 12.2 Å². The van der Waals surface area contributed by atoms with Crippen molar-refractivity contribution in [3.63, 3.8) is 0 Å². The highest BCUT2D eigenvalue weighted by atomic mass is 16.3. The lowest BCUT2D eigenvalue weighted by Gasteiger charge is -2.15. The second-order valence-electron chi connectivity index (χ2n) is 6.20. The van der Waals surface area contributed by atoms with Gasteiger partial charge in [-0.05, 0) is 37.4 Å². The first kappa shape index (κ1) is 14.3. The first-order chi connectivity index (χ1) is 10.1. The van der Waals surface area contributed by atoms with Crippen molar-refractivity contribution in [1.82, 2.24) is 10.2 Å². The van der Waals surface area contributed by atoms with E-state index in [0.29, 0.717) is 18.2 Å². The van der Waals surface area contributed by atoms with Crippen LogP contribution in [0, 0.1) is 17.8 Å². The molecule has 2 aliphatic rings. The molecule has 21 heavy (non-hydrogen) atoms. The Morgan fingerprint density at radius 3 is 2.43 bits per heavy atom. The van der Waals surface area contributed by atoms with Crippen molar-refractivity contribution in [3.05, 3.63) is 23.7 Å². The van der Waals surface area contributed by atoms with Crippen molar-refractivity contribution in [2.24, 2.45) is 17.8 Å². The van der Waals surface area contributed by atoms with Crippen LogP contribution in [0.5, 0.6) is 0 Å². The summed E-state index contributed by atoms with van der Waals surface area (Å²) in [6.45, 7) is 5.96. The maximum atomic E-state index is 12.4. The van der Waals surface area contributed by atoms with Crippen LogP contribution >= 0.6 is 0 Å². The predicted octanol–water partition coefficient (Wildman–Crippen LogP) is 1.92. The topological polar surface area (TPSA) is 62.6 Å². The molecule has 5 nitrogen and oxygen atoms in total. The molecule has 3 rings (SSSR count). The molecule has 0 spiro atoms. The summed E-state index contributed by atoms with van der Waals surface area (Å²) in [6, 6.07) is 3.75. The summed E-state index contributed by atoms with van der Waals surface area (Å²) in [7, 11) is 0. The summed E-state index contributed by atoms with van der Waals surface area (Å²) in [4.78, 5) is 26.1. The highest BCUT2D eigenvalue weighted by molar-refractivity contribution is 6.05. The number of carbonyl (C=O) groups excluding carboxylic acids is 2. The van der Waals surface area contributed by atoms with E-state index in [0.717, 1.165) is 25.1 Å². The van der Waals surface area contributed by atoms with Gasteiger partial charge in [0.1, 0.15) is 11.5 Å². The maximum absolute atomic E-state index is 12.4. The van der Waals surface area contributed by atoms with Crippen LogP contribution in [0.2, 0.25) is 0 Å². The van der Waals surface area contributed by atoms with Crippen LogP contribution < -0.4 is 5.32 Å². The molecule has 5 heteroatoms. The molecule has 1 aliphatic carbocycles. The van der Waals surface area contributed by atoms with E-state index in [4.69, 9.17) is 4.42 Å². The molecule has 0 bridgehead atoms. The quantitative estimate of drug-likeness (QED) is 0.842. The molecule has 2 unspecified atom stereocenters. The van der Waals surface area contributed by atoms with Gasteiger partial charge in [-0.15, -0.1) is 0 Å². The number of nitrogens with one attached hydrogen (secondary N) is 1. The van der Waals surface area contributed by atoms with Crippen molar-refractivity contribution in [3.8, 4) is 0 Å². The SMILES string of the molecule is CCNCc1ccc(CN2C(=O)C3CC(C)CC3C2=O)o1. The minimum Gasteiger partial charge on any atom is -0.463 e. The summed E-state index contributed by atoms with van der Waals surface area (Å²) in [5.41, 5.74) is 0. The Kier molecular flexibility index (Phi) is 3.85. The highest BCUT2D eigenvalue weighted by Crippen LogP contribution is 2.43. The van der Waals surface area contributed by atoms with Crippen LogP contribution in [0.15, 0.2) is 16.5 Å². The Balaban J connectivity index is 1.67. The zero-order chi connectivity index (χ0) is 15.0. The molecule has 1 saturated carbocycles. The summed E-state index contributed by atoms with van der Waals surface area (Å²) < 4.78 is 5.68. The molecular weight excluding hydrogens is 268 g/mol. The third-order valence-corrected chi connectivity index (χ3v) is 4.55. The third-order valence-electron chi connectivity index (χ3n) is 4.55. The molecule has 114 valence electrons. The second kappa shape index (κ2) is 5.64. The van der Waals surface area contributed by atoms with E-state index in [-0.39, 0.29) is 30.2 Å². The van der Waals surface area contributed by atoms with Gasteiger partial charge in [0.15, 0.2) is 0 Å². The number of imide groups is 1. The average molecular weight is 290 g/mol. The molecule has 2 atom stereocenters. The van der Waals surface area contributed by atoms with Crippen LogP contribution in [0.3, 0.4) is 0 Å². The van der Waals surface area contributed by atoms with E-state index in [1.807, 2.05) is 19.1 Å². The normalized spacial score (nSPS) is 28.5. The van der Waals surface area contributed by atoms with Crippen molar-refractivity contribution in [2.75, 3.05) is 6.54 Å². The molecule has 2 heterocycles. The van der Waals surface area contributed by atoms with E-state index in [1.54, 1.807) is 0 Å². The van der Waals surface area contributed by atoms with Crippen LogP contribution in [-0.2, 0) is 22.7 Å². The molecule has 2 fully saturated rings. The molecule has 1 N–H and O–H groups in total. The minimum absolute atomic E-state index is 0.0148. The first-order valence-corrected chi connectivity index (χ1v) is 7.73. The van der Waals surface area contributed by atoms with Gasteiger partial charge < -0.3 is 9.73 Å². The van der Waals surface area contributed by atoms with Crippen molar-refractivity contribution in [2.45, 2.75) is 39.8 Å². The standard InChI is InChI=1S/C16H22N2O3/c1-3-17-8-11-4-5-12(21-11)9-18-15(19)13-6-10(2)7-14(13)16(18)20/h4-5,10,13-14,17H,3,6-9H2,1-2H3. The largest absolute Gasteiger partial charge is 0.463 e. The Hall–Kier alpha value is -1.62. The number of furan rings is 1. The minimum atomic E-state index is -0.0938. The molecular formula is C16H22N2O3. The summed E-state index contributed by atoms with van der Waals surface area (Å²) in [5, 5.41) is 3.19. The summed E-state index contributed by atoms with van der Waals surface area (Å²) >= 11 is 0. The fourth-order valence-corrected chi connectivity index (χ4v) is 3.51. The van der Waals surface area contributed by atoms with E-state index >= 15 is 0 Å². The van der Waals surface area contributed by atoms with Crippen molar-refractivity contribution >= 4 is 11.8 Å². The van der Waals surface area contributed by atoms with E-state index in [9.17, 15) is 9.59 Å². The van der Waals surface area contributed by atoms with Gasteiger partial charge in [0, 0.05) is 0 Å². The molecule has 1 aromatic heterocycles. The van der Waals surface area contributed by atoms with Gasteiger partial charge in [0.2, 0.25) is 11.8 Å². The molecule has 0 aromatic carbocycles. The van der Waals surface area contributed by atoms with E-state index in [1.165, 1.54) is 4.90 Å². The molecule has 1 aliphatic heterocycles. The summed E-state index contributed by atoms with van der Waals surface area (Å²) in [6.07, 6.45) is 1.69. The Morgan fingerprint density at radius 1 is 1.19 bits per heavy atom. The Labute approximate surface area is 124 Å². The predicted molar refractivity (Wildman–Crippen MR) is 77.0 cm³/mol. The molecule has 1 saturated heterocycles. The maximum Gasteiger partial charge on any atom is 0.233 e. The molecule has 1 aromatic rings. The number of rotatable bonds is 5. The van der Waals surface area contributed by atoms with Gasteiger partial charge in [-0.1, -0.05) is 13.8 Å². The number of amides is 2. The fourth-order valence-electron chi connectivity index (χ4n) is 3.51. The van der Waals surface area contributed by atoms with Gasteiger partial charge in [-0.25, -0.2) is 0 Å². The number of fused-ring (bicyclic) bond motifs is 1. The van der Waals surface area contributed by atoms with E-state index < -0.39 is 0 Å². The molecule has 2 amide bonds. The molecule has 0 radical (unpaired) electrons. The second-order valence-corrected chi connectivity index (χ2v) is 6.20. The van der Waals surface area contributed by atoms with Crippen molar-refractivity contribution < 1.29 is 14.0 Å². The fraction of sp³-hybridized carbons (Fsp3) is 0.625. The number of hydrogen-bond donors (Lipinski definition) is 1. The monoisotopic (exact) mass is 290 g/mol. The van der Waals surface area contributed by atoms with Crippen LogP contribution in [0.25, 0.3) is 0 Å². The lowest BCUT2D eigenvalue weighted by molar-refractivity contribution is -0.141. The van der Waals surface area contributed by atoms with Crippen LogP contribution in [0.1, 0.15) is 38.2 Å². The zero-order valence-corrected chi connectivity index (χ0v) is 12.6. The lowest BCUT2D eigenvalue weighted by Crippen LogP contribution is -2.31. The van der Waals surface area contributed by atoms with Crippen LogP contribution in [-0.4, -0.2) is 23.3 Å². The third kappa shape index (κ3) is 2.62.